The fourth-order valence-electron chi connectivity index (χ4n) is 2.60. The monoisotopic (exact) mass is 350 g/mol. The molecule has 5 heteroatoms. The van der Waals surface area contributed by atoms with Crippen LogP contribution in [0, 0.1) is 12.7 Å². The predicted octanol–water partition coefficient (Wildman–Crippen LogP) is 4.36. The van der Waals surface area contributed by atoms with Crippen LogP contribution in [0.25, 0.3) is 6.08 Å². The second kappa shape index (κ2) is 9.68. The fourth-order valence-corrected chi connectivity index (χ4v) is 2.60. The lowest BCUT2D eigenvalue weighted by Crippen LogP contribution is -2.10. The van der Waals surface area contributed by atoms with E-state index in [2.05, 4.69) is 0 Å². The molecule has 0 unspecified atom stereocenters. The van der Waals surface area contributed by atoms with E-state index in [1.807, 2.05) is 25.1 Å². The average Bonchev–Trinajstić information content (AvgIpc) is 3.40. The minimum Gasteiger partial charge on any atom is -0.466 e. The number of halogens is 1. The number of aryl methyl sites for hydroxylation is 1. The summed E-state index contributed by atoms with van der Waals surface area (Å²) in [6, 6.07) is 3.38. The van der Waals surface area contributed by atoms with Gasteiger partial charge in [-0.15, -0.1) is 0 Å². The van der Waals surface area contributed by atoms with Crippen molar-refractivity contribution in [2.75, 3.05) is 19.8 Å². The molecule has 138 valence electrons. The Morgan fingerprint density at radius 3 is 2.84 bits per heavy atom. The van der Waals surface area contributed by atoms with Gasteiger partial charge in [0, 0.05) is 6.42 Å². The molecule has 1 saturated heterocycles. The zero-order valence-corrected chi connectivity index (χ0v) is 15.2. The zero-order valence-electron chi connectivity index (χ0n) is 15.2. The third-order valence-corrected chi connectivity index (χ3v) is 4.09. The summed E-state index contributed by atoms with van der Waals surface area (Å²) in [5.74, 6) is -0.440. The Bertz CT molecular complexity index is 608. The largest absolute Gasteiger partial charge is 0.466 e. The quantitative estimate of drug-likeness (QED) is 0.465. The van der Waals surface area contributed by atoms with E-state index < -0.39 is 0 Å². The Labute approximate surface area is 149 Å². The Kier molecular flexibility index (Phi) is 7.59. The minimum absolute atomic E-state index is 0.174. The van der Waals surface area contributed by atoms with Gasteiger partial charge >= 0.3 is 5.97 Å². The number of benzene rings is 1. The molecule has 0 saturated carbocycles. The first-order valence-electron chi connectivity index (χ1n) is 8.90. The maximum absolute atomic E-state index is 14.1. The summed E-state index contributed by atoms with van der Waals surface area (Å²) >= 11 is 0. The third-order valence-electron chi connectivity index (χ3n) is 4.09. The Morgan fingerprint density at radius 2 is 2.20 bits per heavy atom. The van der Waals surface area contributed by atoms with Gasteiger partial charge in [0.15, 0.2) is 0 Å². The van der Waals surface area contributed by atoms with Crippen molar-refractivity contribution in [2.24, 2.45) is 0 Å². The summed E-state index contributed by atoms with van der Waals surface area (Å²) in [5, 5.41) is 0. The van der Waals surface area contributed by atoms with Gasteiger partial charge in [-0.1, -0.05) is 19.1 Å². The number of esters is 1. The predicted molar refractivity (Wildman–Crippen MR) is 94.8 cm³/mol. The van der Waals surface area contributed by atoms with Crippen LogP contribution in [0.2, 0.25) is 0 Å². The van der Waals surface area contributed by atoms with Gasteiger partial charge in [0.1, 0.15) is 11.9 Å². The fraction of sp³-hybridized carbons (Fsp3) is 0.550. The standard InChI is InChI=1S/C20H27FO4/c1-4-19(25-13-16-12-24-16)17-11-18(21)14(3)10-15(17)8-6-7-9-20(22)23-5-2/h6,8,10-11,16,19H,4-5,7,9,12-13H2,1-3H3/t16-,19-/m1/s1. The summed E-state index contributed by atoms with van der Waals surface area (Å²) in [6.07, 6.45) is 5.52. The number of hydrogen-bond acceptors (Lipinski definition) is 4. The topological polar surface area (TPSA) is 48.1 Å². The molecule has 1 aromatic carbocycles. The highest BCUT2D eigenvalue weighted by Gasteiger charge is 2.25. The van der Waals surface area contributed by atoms with Crippen molar-refractivity contribution in [1.82, 2.24) is 0 Å². The molecular formula is C20H27FO4. The lowest BCUT2D eigenvalue weighted by atomic mass is 9.97. The van der Waals surface area contributed by atoms with Crippen molar-refractivity contribution in [3.63, 3.8) is 0 Å². The van der Waals surface area contributed by atoms with Gasteiger partial charge in [-0.2, -0.15) is 0 Å². The van der Waals surface area contributed by atoms with E-state index >= 15 is 0 Å². The van der Waals surface area contributed by atoms with Crippen molar-refractivity contribution in [3.8, 4) is 0 Å². The van der Waals surface area contributed by atoms with E-state index in [0.717, 1.165) is 24.2 Å². The molecule has 25 heavy (non-hydrogen) atoms. The molecule has 0 amide bonds. The number of ether oxygens (including phenoxy) is 3. The molecule has 0 spiro atoms. The summed E-state index contributed by atoms with van der Waals surface area (Å²) in [5.41, 5.74) is 2.35. The number of allylic oxidation sites excluding steroid dienone is 1. The van der Waals surface area contributed by atoms with Gasteiger partial charge in [0.25, 0.3) is 0 Å². The van der Waals surface area contributed by atoms with Crippen molar-refractivity contribution in [3.05, 3.63) is 40.7 Å². The molecule has 0 aliphatic carbocycles. The summed E-state index contributed by atoms with van der Waals surface area (Å²) < 4.78 is 30.1. The summed E-state index contributed by atoms with van der Waals surface area (Å²) in [4.78, 5) is 11.4. The first-order chi connectivity index (χ1) is 12.0. The summed E-state index contributed by atoms with van der Waals surface area (Å²) in [6.45, 7) is 7.21. The molecular weight excluding hydrogens is 323 g/mol. The Morgan fingerprint density at radius 1 is 1.44 bits per heavy atom. The van der Waals surface area contributed by atoms with Gasteiger partial charge in [0.2, 0.25) is 0 Å². The van der Waals surface area contributed by atoms with Crippen LogP contribution in [0.3, 0.4) is 0 Å². The molecule has 0 aromatic heterocycles. The molecule has 0 radical (unpaired) electrons. The second-order valence-electron chi connectivity index (χ2n) is 6.16. The molecule has 0 bridgehead atoms. The van der Waals surface area contributed by atoms with Crippen LogP contribution in [0.1, 0.15) is 55.9 Å². The second-order valence-corrected chi connectivity index (χ2v) is 6.16. The first-order valence-corrected chi connectivity index (χ1v) is 8.90. The highest BCUT2D eigenvalue weighted by molar-refractivity contribution is 5.69. The molecule has 1 aromatic rings. The van der Waals surface area contributed by atoms with Crippen LogP contribution in [0.4, 0.5) is 4.39 Å². The number of carbonyl (C=O) groups excluding carboxylic acids is 1. The van der Waals surface area contributed by atoms with Crippen molar-refractivity contribution >= 4 is 12.0 Å². The SMILES string of the molecule is CCOC(=O)CCC=Cc1cc(C)c(F)cc1[C@@H](CC)OC[C@H]1CO1. The van der Waals surface area contributed by atoms with Gasteiger partial charge < -0.3 is 14.2 Å². The van der Waals surface area contributed by atoms with Crippen LogP contribution in [0.15, 0.2) is 18.2 Å². The van der Waals surface area contributed by atoms with Crippen molar-refractivity contribution < 1.29 is 23.4 Å². The average molecular weight is 350 g/mol. The number of epoxide rings is 1. The molecule has 1 heterocycles. The molecule has 4 nitrogen and oxygen atoms in total. The van der Waals surface area contributed by atoms with Crippen LogP contribution in [-0.4, -0.2) is 31.9 Å². The van der Waals surface area contributed by atoms with Crippen LogP contribution in [-0.2, 0) is 19.0 Å². The molecule has 2 atom stereocenters. The lowest BCUT2D eigenvalue weighted by molar-refractivity contribution is -0.142. The summed E-state index contributed by atoms with van der Waals surface area (Å²) in [7, 11) is 0. The van der Waals surface area contributed by atoms with Crippen molar-refractivity contribution in [1.29, 1.82) is 0 Å². The van der Waals surface area contributed by atoms with Gasteiger partial charge in [-0.3, -0.25) is 4.79 Å². The smallest absolute Gasteiger partial charge is 0.306 e. The molecule has 2 rings (SSSR count). The normalized spacial score (nSPS) is 17.7. The van der Waals surface area contributed by atoms with E-state index in [1.54, 1.807) is 19.9 Å². The van der Waals surface area contributed by atoms with Gasteiger partial charge in [-0.25, -0.2) is 4.39 Å². The Hall–Kier alpha value is -1.72. The minimum atomic E-state index is -0.233. The van der Waals surface area contributed by atoms with Crippen LogP contribution >= 0.6 is 0 Å². The number of carbonyl (C=O) groups is 1. The maximum atomic E-state index is 14.1. The lowest BCUT2D eigenvalue weighted by Gasteiger charge is -2.19. The zero-order chi connectivity index (χ0) is 18.2. The highest BCUT2D eigenvalue weighted by atomic mass is 19.1. The van der Waals surface area contributed by atoms with Crippen LogP contribution < -0.4 is 0 Å². The van der Waals surface area contributed by atoms with E-state index in [9.17, 15) is 9.18 Å². The third kappa shape index (κ3) is 6.25. The Balaban J connectivity index is 2.08. The van der Waals surface area contributed by atoms with Gasteiger partial charge in [0.05, 0.1) is 25.9 Å². The van der Waals surface area contributed by atoms with E-state index in [4.69, 9.17) is 14.2 Å². The van der Waals surface area contributed by atoms with Gasteiger partial charge in [-0.05, 0) is 55.5 Å². The maximum Gasteiger partial charge on any atom is 0.306 e. The molecule has 0 N–H and O–H groups in total. The van der Waals surface area contributed by atoms with Crippen LogP contribution in [0.5, 0.6) is 0 Å². The van der Waals surface area contributed by atoms with Crippen molar-refractivity contribution in [2.45, 2.75) is 52.2 Å². The first kappa shape index (κ1) is 19.6. The van der Waals surface area contributed by atoms with E-state index in [0.29, 0.717) is 31.6 Å². The highest BCUT2D eigenvalue weighted by Crippen LogP contribution is 2.29. The molecule has 1 aliphatic heterocycles. The number of rotatable bonds is 10. The number of hydrogen-bond donors (Lipinski definition) is 0. The molecule has 1 fully saturated rings. The van der Waals surface area contributed by atoms with E-state index in [-0.39, 0.29) is 24.0 Å². The molecule has 1 aliphatic rings. The van der Waals surface area contributed by atoms with E-state index in [1.165, 1.54) is 0 Å².